The summed E-state index contributed by atoms with van der Waals surface area (Å²) in [5.74, 6) is 0.821. The Kier molecular flexibility index (Phi) is 2.42. The van der Waals surface area contributed by atoms with Crippen LogP contribution in [-0.2, 0) is 6.42 Å². The summed E-state index contributed by atoms with van der Waals surface area (Å²) in [6.45, 7) is 8.28. The van der Waals surface area contributed by atoms with Crippen molar-refractivity contribution < 1.29 is 0 Å². The second-order valence-electron chi connectivity index (χ2n) is 3.99. The highest BCUT2D eigenvalue weighted by Crippen LogP contribution is 2.18. The average Bonchev–Trinajstić information content (AvgIpc) is 2.59. The average molecular weight is 204 g/mol. The van der Waals surface area contributed by atoms with Crippen LogP contribution in [0.15, 0.2) is 6.33 Å². The molecule has 2 aromatic heterocycles. The number of fused-ring (bicyclic) bond motifs is 1. The van der Waals surface area contributed by atoms with Gasteiger partial charge in [0.25, 0.3) is 0 Å². The second kappa shape index (κ2) is 3.61. The lowest BCUT2D eigenvalue weighted by molar-refractivity contribution is 0.612. The molecule has 15 heavy (non-hydrogen) atoms. The van der Waals surface area contributed by atoms with Gasteiger partial charge in [-0.3, -0.25) is 0 Å². The molecule has 0 N–H and O–H groups in total. The van der Waals surface area contributed by atoms with Crippen molar-refractivity contribution in [3.8, 4) is 0 Å². The van der Waals surface area contributed by atoms with E-state index >= 15 is 0 Å². The van der Waals surface area contributed by atoms with E-state index < -0.39 is 0 Å². The molecule has 2 rings (SSSR count). The predicted octanol–water partition coefficient (Wildman–Crippen LogP) is 2.28. The van der Waals surface area contributed by atoms with E-state index in [9.17, 15) is 0 Å². The van der Waals surface area contributed by atoms with Crippen molar-refractivity contribution in [3.05, 3.63) is 17.8 Å². The molecule has 0 aromatic carbocycles. The minimum atomic E-state index is 0.383. The molecule has 0 radical (unpaired) electrons. The zero-order valence-corrected chi connectivity index (χ0v) is 9.65. The van der Waals surface area contributed by atoms with Gasteiger partial charge in [0, 0.05) is 6.04 Å². The first kappa shape index (κ1) is 10.1. The highest BCUT2D eigenvalue weighted by atomic mass is 15.1. The molecule has 0 atom stereocenters. The first-order valence-electron chi connectivity index (χ1n) is 5.33. The lowest BCUT2D eigenvalue weighted by Gasteiger charge is -2.07. The van der Waals surface area contributed by atoms with Crippen molar-refractivity contribution >= 4 is 11.2 Å². The van der Waals surface area contributed by atoms with Gasteiger partial charge in [-0.15, -0.1) is 0 Å². The van der Waals surface area contributed by atoms with E-state index in [1.807, 2.05) is 13.3 Å². The fourth-order valence-electron chi connectivity index (χ4n) is 1.72. The lowest BCUT2D eigenvalue weighted by Crippen LogP contribution is -2.02. The first-order chi connectivity index (χ1) is 7.13. The number of hydrogen-bond acceptors (Lipinski definition) is 3. The van der Waals surface area contributed by atoms with Crippen LogP contribution in [0.4, 0.5) is 0 Å². The van der Waals surface area contributed by atoms with E-state index in [4.69, 9.17) is 0 Å². The largest absolute Gasteiger partial charge is 0.313 e. The minimum Gasteiger partial charge on any atom is -0.313 e. The maximum atomic E-state index is 4.45. The van der Waals surface area contributed by atoms with Crippen LogP contribution in [0.2, 0.25) is 0 Å². The number of rotatable bonds is 2. The summed E-state index contributed by atoms with van der Waals surface area (Å²) in [6.07, 6.45) is 2.75. The summed E-state index contributed by atoms with van der Waals surface area (Å²) >= 11 is 0. The number of hydrogen-bond donors (Lipinski definition) is 0. The summed E-state index contributed by atoms with van der Waals surface area (Å²) in [4.78, 5) is 13.3. The predicted molar refractivity (Wildman–Crippen MR) is 59.8 cm³/mol. The zero-order chi connectivity index (χ0) is 11.0. The van der Waals surface area contributed by atoms with Gasteiger partial charge < -0.3 is 4.57 Å². The van der Waals surface area contributed by atoms with E-state index in [0.717, 1.165) is 29.1 Å². The molecule has 0 aliphatic heterocycles. The van der Waals surface area contributed by atoms with Gasteiger partial charge in [-0.2, -0.15) is 0 Å². The molecular weight excluding hydrogens is 188 g/mol. The second-order valence-corrected chi connectivity index (χ2v) is 3.99. The molecule has 0 fully saturated rings. The third-order valence-electron chi connectivity index (χ3n) is 2.50. The standard InChI is InChI=1S/C11H16N4/c1-5-9-10-11(14-8(4)13-9)15(6-12-10)7(2)3/h6-7H,5H2,1-4H3. The van der Waals surface area contributed by atoms with Crippen molar-refractivity contribution in [1.29, 1.82) is 0 Å². The van der Waals surface area contributed by atoms with Crippen LogP contribution in [0.5, 0.6) is 0 Å². The third-order valence-corrected chi connectivity index (χ3v) is 2.50. The van der Waals surface area contributed by atoms with Crippen molar-refractivity contribution in [2.24, 2.45) is 0 Å². The van der Waals surface area contributed by atoms with Crippen LogP contribution in [-0.4, -0.2) is 19.5 Å². The van der Waals surface area contributed by atoms with Gasteiger partial charge in [0.15, 0.2) is 5.65 Å². The molecule has 0 bridgehead atoms. The van der Waals surface area contributed by atoms with Gasteiger partial charge >= 0.3 is 0 Å². The van der Waals surface area contributed by atoms with Crippen molar-refractivity contribution in [1.82, 2.24) is 19.5 Å². The number of imidazole rings is 1. The smallest absolute Gasteiger partial charge is 0.164 e. The van der Waals surface area contributed by atoms with E-state index in [2.05, 4.69) is 40.3 Å². The molecule has 0 amide bonds. The Morgan fingerprint density at radius 1 is 1.33 bits per heavy atom. The molecule has 80 valence electrons. The molecule has 0 unspecified atom stereocenters. The van der Waals surface area contributed by atoms with Crippen molar-refractivity contribution in [2.75, 3.05) is 0 Å². The lowest BCUT2D eigenvalue weighted by atomic mass is 10.3. The highest BCUT2D eigenvalue weighted by Gasteiger charge is 2.11. The Bertz CT molecular complexity index is 485. The van der Waals surface area contributed by atoms with Gasteiger partial charge in [0.2, 0.25) is 0 Å². The minimum absolute atomic E-state index is 0.383. The highest BCUT2D eigenvalue weighted by molar-refractivity contribution is 5.73. The molecule has 2 aromatic rings. The number of nitrogens with zero attached hydrogens (tertiary/aromatic N) is 4. The monoisotopic (exact) mass is 204 g/mol. The van der Waals surface area contributed by atoms with Crippen LogP contribution in [0.3, 0.4) is 0 Å². The Balaban J connectivity index is 2.75. The van der Waals surface area contributed by atoms with Gasteiger partial charge in [-0.05, 0) is 27.2 Å². The Morgan fingerprint density at radius 2 is 2.07 bits per heavy atom. The van der Waals surface area contributed by atoms with Crippen LogP contribution in [0.1, 0.15) is 38.3 Å². The van der Waals surface area contributed by atoms with E-state index in [0.29, 0.717) is 6.04 Å². The molecule has 4 heteroatoms. The van der Waals surface area contributed by atoms with Gasteiger partial charge in [-0.1, -0.05) is 6.92 Å². The third kappa shape index (κ3) is 1.60. The maximum Gasteiger partial charge on any atom is 0.164 e. The van der Waals surface area contributed by atoms with E-state index in [1.165, 1.54) is 0 Å². The molecule has 0 saturated carbocycles. The Hall–Kier alpha value is -1.45. The van der Waals surface area contributed by atoms with Crippen molar-refractivity contribution in [3.63, 3.8) is 0 Å². The number of aryl methyl sites for hydroxylation is 2. The molecule has 0 saturated heterocycles. The maximum absolute atomic E-state index is 4.45. The van der Waals surface area contributed by atoms with Gasteiger partial charge in [0.1, 0.15) is 11.3 Å². The molecule has 0 spiro atoms. The van der Waals surface area contributed by atoms with E-state index in [1.54, 1.807) is 0 Å². The normalized spacial score (nSPS) is 11.5. The summed E-state index contributed by atoms with van der Waals surface area (Å²) in [5.41, 5.74) is 2.93. The molecule has 0 aliphatic rings. The SMILES string of the molecule is CCc1nc(C)nc2c1ncn2C(C)C. The van der Waals surface area contributed by atoms with Crippen LogP contribution in [0.25, 0.3) is 11.2 Å². The summed E-state index contributed by atoms with van der Waals surface area (Å²) in [5, 5.41) is 0. The fraction of sp³-hybridized carbons (Fsp3) is 0.545. The number of aromatic nitrogens is 4. The van der Waals surface area contributed by atoms with Gasteiger partial charge in [-0.25, -0.2) is 15.0 Å². The Morgan fingerprint density at radius 3 is 2.67 bits per heavy atom. The first-order valence-corrected chi connectivity index (χ1v) is 5.33. The van der Waals surface area contributed by atoms with Crippen LogP contribution in [0, 0.1) is 6.92 Å². The molecular formula is C11H16N4. The molecule has 2 heterocycles. The fourth-order valence-corrected chi connectivity index (χ4v) is 1.72. The Labute approximate surface area is 89.4 Å². The summed E-state index contributed by atoms with van der Waals surface area (Å²) in [7, 11) is 0. The summed E-state index contributed by atoms with van der Waals surface area (Å²) < 4.78 is 2.09. The molecule has 4 nitrogen and oxygen atoms in total. The quantitative estimate of drug-likeness (QED) is 0.753. The topological polar surface area (TPSA) is 43.6 Å². The summed E-state index contributed by atoms with van der Waals surface area (Å²) in [6, 6.07) is 0.383. The van der Waals surface area contributed by atoms with E-state index in [-0.39, 0.29) is 0 Å². The molecule has 0 aliphatic carbocycles. The van der Waals surface area contributed by atoms with Gasteiger partial charge in [0.05, 0.1) is 12.0 Å². The van der Waals surface area contributed by atoms with Crippen LogP contribution >= 0.6 is 0 Å². The van der Waals surface area contributed by atoms with Crippen molar-refractivity contribution in [2.45, 2.75) is 40.2 Å². The zero-order valence-electron chi connectivity index (χ0n) is 9.65. The van der Waals surface area contributed by atoms with Crippen LogP contribution < -0.4 is 0 Å².